The maximum Gasteiger partial charge on any atom is 0.332 e. The number of carbonyl (C=O) groups excluding carboxylic acids is 1. The Labute approximate surface area is 200 Å². The average molecular weight is 472 g/mol. The van der Waals surface area contributed by atoms with E-state index in [0.29, 0.717) is 5.92 Å². The van der Waals surface area contributed by atoms with Crippen LogP contribution in [-0.4, -0.2) is 60.7 Å². The topological polar surface area (TPSA) is 29.5 Å². The standard InChI is InChI=1S/C27H36FN2O2S/c1-27(25-9-6-18-33-25,29-13-3-2-4-14-29)26(31)32-24-20-30(16-11-22(24)12-17-30)15-10-21-7-5-8-23(28)19-21/h5-9,18-19,22,24H,2-4,10-17,20H2,1H3/q+1/t22?,24-,27?,30?/m1/s1. The molecule has 1 aromatic heterocycles. The number of hydrogen-bond donors (Lipinski definition) is 0. The van der Waals surface area contributed by atoms with Gasteiger partial charge in [0.05, 0.1) is 19.6 Å². The van der Waals surface area contributed by atoms with Gasteiger partial charge in [-0.2, -0.15) is 0 Å². The van der Waals surface area contributed by atoms with Gasteiger partial charge in [-0.05, 0) is 62.0 Å². The van der Waals surface area contributed by atoms with Crippen molar-refractivity contribution in [3.63, 3.8) is 0 Å². The van der Waals surface area contributed by atoms with E-state index in [1.165, 1.54) is 12.5 Å². The highest BCUT2D eigenvalue weighted by molar-refractivity contribution is 7.10. The fraction of sp³-hybridized carbons (Fsp3) is 0.593. The van der Waals surface area contributed by atoms with E-state index in [1.54, 1.807) is 23.5 Å². The Bertz CT molecular complexity index is 951. The van der Waals surface area contributed by atoms with Gasteiger partial charge in [0.1, 0.15) is 12.4 Å². The second-order valence-corrected chi connectivity index (χ2v) is 11.4. The van der Waals surface area contributed by atoms with Crippen LogP contribution in [0, 0.1) is 11.7 Å². The highest BCUT2D eigenvalue weighted by atomic mass is 32.1. The van der Waals surface area contributed by atoms with Crippen LogP contribution in [0.3, 0.4) is 0 Å². The predicted molar refractivity (Wildman–Crippen MR) is 130 cm³/mol. The molecule has 1 aromatic carbocycles. The smallest absolute Gasteiger partial charge is 0.332 e. The second kappa shape index (κ2) is 9.47. The molecule has 33 heavy (non-hydrogen) atoms. The zero-order valence-corrected chi connectivity index (χ0v) is 20.5. The first-order valence-electron chi connectivity index (χ1n) is 12.6. The zero-order valence-electron chi connectivity index (χ0n) is 19.7. The van der Waals surface area contributed by atoms with E-state index in [2.05, 4.69) is 23.3 Å². The van der Waals surface area contributed by atoms with Crippen molar-refractivity contribution in [2.24, 2.45) is 5.92 Å². The molecule has 0 spiro atoms. The number of fused-ring (bicyclic) bond motifs is 3. The van der Waals surface area contributed by atoms with Crippen LogP contribution in [0.5, 0.6) is 0 Å². The Kier molecular flexibility index (Phi) is 6.60. The van der Waals surface area contributed by atoms with Crippen LogP contribution in [0.4, 0.5) is 4.39 Å². The Morgan fingerprint density at radius 1 is 1.18 bits per heavy atom. The van der Waals surface area contributed by atoms with Crippen LogP contribution in [-0.2, 0) is 21.5 Å². The van der Waals surface area contributed by atoms with Crippen molar-refractivity contribution in [3.05, 3.63) is 58.0 Å². The molecule has 1 unspecified atom stereocenters. The van der Waals surface area contributed by atoms with Crippen LogP contribution in [0.2, 0.25) is 0 Å². The van der Waals surface area contributed by atoms with Crippen molar-refractivity contribution in [2.45, 2.75) is 57.1 Å². The van der Waals surface area contributed by atoms with Crippen LogP contribution in [0.1, 0.15) is 49.5 Å². The van der Waals surface area contributed by atoms with Crippen LogP contribution < -0.4 is 0 Å². The number of ether oxygens (including phenoxy) is 1. The first-order valence-corrected chi connectivity index (χ1v) is 13.5. The van der Waals surface area contributed by atoms with Crippen LogP contribution in [0.25, 0.3) is 0 Å². The minimum Gasteiger partial charge on any atom is -0.454 e. The summed E-state index contributed by atoms with van der Waals surface area (Å²) >= 11 is 1.66. The molecule has 178 valence electrons. The molecular formula is C27H36FN2O2S+. The van der Waals surface area contributed by atoms with E-state index in [4.69, 9.17) is 4.74 Å². The molecular weight excluding hydrogens is 435 g/mol. The Balaban J connectivity index is 1.30. The van der Waals surface area contributed by atoms with E-state index >= 15 is 0 Å². The fourth-order valence-corrected chi connectivity index (χ4v) is 7.17. The number of thiophene rings is 1. The van der Waals surface area contributed by atoms with Gasteiger partial charge in [0.25, 0.3) is 0 Å². The molecule has 6 rings (SSSR count). The van der Waals surface area contributed by atoms with Crippen LogP contribution >= 0.6 is 11.3 Å². The van der Waals surface area contributed by atoms with Crippen molar-refractivity contribution in [2.75, 3.05) is 39.3 Å². The highest BCUT2D eigenvalue weighted by Gasteiger charge is 2.50. The maximum atomic E-state index is 13.8. The number of carbonyl (C=O) groups is 1. The van der Waals surface area contributed by atoms with Gasteiger partial charge in [0.15, 0.2) is 11.6 Å². The molecule has 0 N–H and O–H groups in total. The molecule has 4 nitrogen and oxygen atoms in total. The molecule has 4 saturated heterocycles. The Hall–Kier alpha value is -1.76. The minimum absolute atomic E-state index is 0.0170. The number of likely N-dealkylation sites (tertiary alicyclic amines) is 1. The molecule has 6 heteroatoms. The summed E-state index contributed by atoms with van der Waals surface area (Å²) in [6.07, 6.45) is 6.59. The Morgan fingerprint density at radius 2 is 1.97 bits per heavy atom. The van der Waals surface area contributed by atoms with E-state index in [-0.39, 0.29) is 17.9 Å². The molecule has 0 saturated carbocycles. The summed E-state index contributed by atoms with van der Waals surface area (Å²) in [4.78, 5) is 17.3. The van der Waals surface area contributed by atoms with Crippen LogP contribution in [0.15, 0.2) is 41.8 Å². The number of piperidine rings is 4. The summed E-state index contributed by atoms with van der Waals surface area (Å²) in [5, 5.41) is 2.06. The molecule has 4 fully saturated rings. The van der Waals surface area contributed by atoms with Gasteiger partial charge in [-0.3, -0.25) is 4.90 Å². The largest absolute Gasteiger partial charge is 0.454 e. The molecule has 0 radical (unpaired) electrons. The normalized spacial score (nSPS) is 29.5. The van der Waals surface area contributed by atoms with E-state index in [1.807, 2.05) is 12.1 Å². The van der Waals surface area contributed by atoms with Gasteiger partial charge in [-0.15, -0.1) is 11.3 Å². The number of quaternary nitrogens is 1. The third-order valence-corrected chi connectivity index (χ3v) is 9.53. The predicted octanol–water partition coefficient (Wildman–Crippen LogP) is 4.98. The molecule has 0 amide bonds. The molecule has 4 aliphatic rings. The number of esters is 1. The lowest BCUT2D eigenvalue weighted by atomic mass is 9.82. The van der Waals surface area contributed by atoms with Gasteiger partial charge in [0, 0.05) is 30.1 Å². The van der Waals surface area contributed by atoms with Crippen molar-refractivity contribution in [1.82, 2.24) is 4.90 Å². The summed E-state index contributed by atoms with van der Waals surface area (Å²) < 4.78 is 21.0. The van der Waals surface area contributed by atoms with E-state index < -0.39 is 5.54 Å². The van der Waals surface area contributed by atoms with Gasteiger partial charge in [-0.25, -0.2) is 9.18 Å². The van der Waals surface area contributed by atoms with Gasteiger partial charge in [-0.1, -0.05) is 24.6 Å². The fourth-order valence-electron chi connectivity index (χ4n) is 6.26. The average Bonchev–Trinajstić information content (AvgIpc) is 3.39. The number of hydrogen-bond acceptors (Lipinski definition) is 4. The maximum absolute atomic E-state index is 13.8. The van der Waals surface area contributed by atoms with Crippen molar-refractivity contribution in [1.29, 1.82) is 0 Å². The quantitative estimate of drug-likeness (QED) is 0.421. The SMILES string of the molecule is CC(C(=O)O[C@@H]1C[N+]2(CCc3cccc(F)c3)CCC1CC2)(c1cccs1)N1CCCCC1. The number of halogens is 1. The molecule has 4 aliphatic heterocycles. The summed E-state index contributed by atoms with van der Waals surface area (Å²) in [6.45, 7) is 8.13. The second-order valence-electron chi connectivity index (χ2n) is 10.5. The first-order chi connectivity index (χ1) is 16.0. The number of nitrogens with zero attached hydrogens (tertiary/aromatic N) is 2. The van der Waals surface area contributed by atoms with Gasteiger partial charge >= 0.3 is 5.97 Å². The summed E-state index contributed by atoms with van der Waals surface area (Å²) in [5.41, 5.74) is 0.353. The van der Waals surface area contributed by atoms with Gasteiger partial charge in [0.2, 0.25) is 0 Å². The molecule has 2 atom stereocenters. The molecule has 0 aliphatic carbocycles. The minimum atomic E-state index is -0.701. The highest BCUT2D eigenvalue weighted by Crippen LogP contribution is 2.39. The third-order valence-electron chi connectivity index (χ3n) is 8.45. The van der Waals surface area contributed by atoms with E-state index in [9.17, 15) is 9.18 Å². The van der Waals surface area contributed by atoms with E-state index in [0.717, 1.165) is 86.3 Å². The number of benzene rings is 1. The lowest BCUT2D eigenvalue weighted by Crippen LogP contribution is -2.65. The molecule has 2 bridgehead atoms. The summed E-state index contributed by atoms with van der Waals surface area (Å²) in [7, 11) is 0. The lowest BCUT2D eigenvalue weighted by molar-refractivity contribution is -0.946. The number of rotatable bonds is 7. The first kappa shape index (κ1) is 23.0. The summed E-state index contributed by atoms with van der Waals surface area (Å²) in [5.74, 6) is 0.230. The monoisotopic (exact) mass is 471 g/mol. The third kappa shape index (κ3) is 4.62. The van der Waals surface area contributed by atoms with Gasteiger partial charge < -0.3 is 9.22 Å². The lowest BCUT2D eigenvalue weighted by Gasteiger charge is -2.52. The summed E-state index contributed by atoms with van der Waals surface area (Å²) in [6, 6.07) is 11.1. The molecule has 2 aromatic rings. The van der Waals surface area contributed by atoms with Crippen molar-refractivity contribution in [3.8, 4) is 0 Å². The zero-order chi connectivity index (χ0) is 22.9. The Morgan fingerprint density at radius 3 is 2.67 bits per heavy atom. The van der Waals surface area contributed by atoms with Crippen molar-refractivity contribution >= 4 is 17.3 Å². The van der Waals surface area contributed by atoms with Crippen molar-refractivity contribution < 1.29 is 18.4 Å². The molecule has 5 heterocycles.